The van der Waals surface area contributed by atoms with E-state index in [-0.39, 0.29) is 22.6 Å². The van der Waals surface area contributed by atoms with Gasteiger partial charge in [0.2, 0.25) is 5.91 Å². The Morgan fingerprint density at radius 2 is 1.82 bits per heavy atom. The highest BCUT2D eigenvalue weighted by Crippen LogP contribution is 2.33. The number of amides is 3. The molecule has 0 unspecified atom stereocenters. The minimum Gasteiger partial charge on any atom is -0.406 e. The molecule has 40 heavy (non-hydrogen) atoms. The number of urea groups is 1. The lowest BCUT2D eigenvalue weighted by molar-refractivity contribution is -0.274. The summed E-state index contributed by atoms with van der Waals surface area (Å²) >= 11 is 7.46. The van der Waals surface area contributed by atoms with Gasteiger partial charge in [-0.3, -0.25) is 9.69 Å². The van der Waals surface area contributed by atoms with Gasteiger partial charge in [0, 0.05) is 11.3 Å². The van der Waals surface area contributed by atoms with Gasteiger partial charge in [-0.1, -0.05) is 29.4 Å². The van der Waals surface area contributed by atoms with E-state index in [9.17, 15) is 22.8 Å². The lowest BCUT2D eigenvalue weighted by atomic mass is 10.2. The normalized spacial score (nSPS) is 14.6. The molecule has 1 aromatic heterocycles. The Hall–Kier alpha value is -4.36. The number of carbonyl (C=O) groups excluding carboxylic acids is 2. The highest BCUT2D eigenvalue weighted by Gasteiger charge is 2.32. The van der Waals surface area contributed by atoms with Gasteiger partial charge in [-0.15, -0.1) is 18.3 Å². The molecule has 204 valence electrons. The number of amidine groups is 1. The van der Waals surface area contributed by atoms with Gasteiger partial charge in [0.05, 0.1) is 22.2 Å². The second kappa shape index (κ2) is 11.0. The lowest BCUT2D eigenvalue weighted by Gasteiger charge is -2.17. The van der Waals surface area contributed by atoms with Crippen LogP contribution in [0.4, 0.5) is 29.3 Å². The molecule has 0 atom stereocenters. The fourth-order valence-corrected chi connectivity index (χ4v) is 4.91. The smallest absolute Gasteiger partial charge is 0.406 e. The number of nitrogens with zero attached hydrogens (tertiary/aromatic N) is 5. The van der Waals surface area contributed by atoms with E-state index >= 15 is 0 Å². The number of thioether (sulfide) groups is 1. The topological polar surface area (TPSA) is 102 Å². The molecule has 1 aliphatic rings. The van der Waals surface area contributed by atoms with Gasteiger partial charge >= 0.3 is 12.4 Å². The van der Waals surface area contributed by atoms with Gasteiger partial charge in [0.25, 0.3) is 0 Å². The average molecular weight is 587 g/mol. The van der Waals surface area contributed by atoms with Crippen molar-refractivity contribution in [1.29, 1.82) is 0 Å². The fourth-order valence-electron chi connectivity index (χ4n) is 3.74. The molecule has 0 spiro atoms. The van der Waals surface area contributed by atoms with E-state index in [1.54, 1.807) is 36.4 Å². The van der Waals surface area contributed by atoms with E-state index in [0.29, 0.717) is 33.5 Å². The minimum atomic E-state index is -4.77. The summed E-state index contributed by atoms with van der Waals surface area (Å²) in [5, 5.41) is 7.61. The summed E-state index contributed by atoms with van der Waals surface area (Å²) in [6.07, 6.45) is -3.35. The SMILES string of the molecule is Cc1ccc(N2C(=O)CS/C2=N\C(=O)Nc2ccc(-c3ncn(-c4ccc(OC(F)(F)F)cc4)n3)cc2)c(Cl)c1. The Morgan fingerprint density at radius 1 is 1.10 bits per heavy atom. The second-order valence-corrected chi connectivity index (χ2v) is 9.78. The monoisotopic (exact) mass is 586 g/mol. The van der Waals surface area contributed by atoms with Gasteiger partial charge in [-0.05, 0) is 73.2 Å². The molecular formula is C26H18ClF3N6O3S. The number of halogens is 4. The van der Waals surface area contributed by atoms with Crippen LogP contribution in [0, 0.1) is 6.92 Å². The van der Waals surface area contributed by atoms with Crippen LogP contribution in [0.25, 0.3) is 17.1 Å². The second-order valence-electron chi connectivity index (χ2n) is 8.43. The quantitative estimate of drug-likeness (QED) is 0.288. The highest BCUT2D eigenvalue weighted by atomic mass is 35.5. The van der Waals surface area contributed by atoms with Crippen LogP contribution in [0.5, 0.6) is 5.75 Å². The van der Waals surface area contributed by atoms with Crippen LogP contribution in [0.1, 0.15) is 5.56 Å². The summed E-state index contributed by atoms with van der Waals surface area (Å²) in [5.74, 6) is -0.0793. The third-order valence-corrected chi connectivity index (χ3v) is 6.75. The number of nitrogens with one attached hydrogen (secondary N) is 1. The van der Waals surface area contributed by atoms with Gasteiger partial charge in [0.1, 0.15) is 12.1 Å². The van der Waals surface area contributed by atoms with Crippen molar-refractivity contribution in [3.8, 4) is 22.8 Å². The zero-order valence-electron chi connectivity index (χ0n) is 20.5. The summed E-state index contributed by atoms with van der Waals surface area (Å²) in [6.45, 7) is 1.88. The predicted molar refractivity (Wildman–Crippen MR) is 146 cm³/mol. The first kappa shape index (κ1) is 27.2. The molecule has 0 bridgehead atoms. The van der Waals surface area contributed by atoms with E-state index in [1.165, 1.54) is 40.2 Å². The molecule has 0 radical (unpaired) electrons. The average Bonchev–Trinajstić information content (AvgIpc) is 3.52. The maximum absolute atomic E-state index is 12.6. The Kier molecular flexibility index (Phi) is 7.50. The number of benzene rings is 3. The largest absolute Gasteiger partial charge is 0.573 e. The Balaban J connectivity index is 1.25. The standard InChI is InChI=1S/C26H18ClF3N6O3S/c1-15-2-11-21(20(27)12-15)36-22(37)13-40-25(36)33-24(38)32-17-5-3-16(4-6-17)23-31-14-35(34-23)18-7-9-19(10-8-18)39-26(28,29)30/h2-12,14H,13H2,1H3,(H,32,38)/b33-25-. The van der Waals surface area contributed by atoms with Crippen LogP contribution < -0.4 is 15.0 Å². The van der Waals surface area contributed by atoms with E-state index in [2.05, 4.69) is 25.1 Å². The van der Waals surface area contributed by atoms with E-state index in [0.717, 1.165) is 17.3 Å². The van der Waals surface area contributed by atoms with Crippen LogP contribution in [0.3, 0.4) is 0 Å². The van der Waals surface area contributed by atoms with Crippen LogP contribution in [0.2, 0.25) is 5.02 Å². The minimum absolute atomic E-state index is 0.135. The number of hydrogen-bond acceptors (Lipinski definition) is 6. The number of ether oxygens (including phenoxy) is 1. The summed E-state index contributed by atoms with van der Waals surface area (Å²) < 4.78 is 42.4. The summed E-state index contributed by atoms with van der Waals surface area (Å²) in [4.78, 5) is 34.7. The lowest BCUT2D eigenvalue weighted by Crippen LogP contribution is -2.30. The molecule has 9 nitrogen and oxygen atoms in total. The van der Waals surface area contributed by atoms with Crippen molar-refractivity contribution in [2.75, 3.05) is 16.0 Å². The van der Waals surface area contributed by atoms with Crippen molar-refractivity contribution in [3.05, 3.63) is 83.6 Å². The number of anilines is 2. The Labute approximate surface area is 234 Å². The van der Waals surface area contributed by atoms with Crippen LogP contribution in [0.15, 0.2) is 78.0 Å². The molecule has 1 N–H and O–H groups in total. The molecule has 0 aliphatic carbocycles. The predicted octanol–water partition coefficient (Wildman–Crippen LogP) is 6.46. The van der Waals surface area contributed by atoms with Crippen molar-refractivity contribution >= 4 is 51.8 Å². The summed E-state index contributed by atoms with van der Waals surface area (Å²) in [7, 11) is 0. The van der Waals surface area contributed by atoms with Crippen LogP contribution in [-0.4, -0.2) is 44.0 Å². The van der Waals surface area contributed by atoms with Gasteiger partial charge in [0.15, 0.2) is 11.0 Å². The Morgan fingerprint density at radius 3 is 2.50 bits per heavy atom. The molecule has 2 heterocycles. The summed E-state index contributed by atoms with van der Waals surface area (Å²) in [5.41, 5.74) is 2.96. The van der Waals surface area contributed by atoms with E-state index in [4.69, 9.17) is 11.6 Å². The van der Waals surface area contributed by atoms with Gasteiger partial charge < -0.3 is 10.1 Å². The van der Waals surface area contributed by atoms with Crippen molar-refractivity contribution in [1.82, 2.24) is 14.8 Å². The molecule has 14 heteroatoms. The van der Waals surface area contributed by atoms with Crippen molar-refractivity contribution in [2.45, 2.75) is 13.3 Å². The maximum atomic E-state index is 12.6. The third kappa shape index (κ3) is 6.26. The van der Waals surface area contributed by atoms with E-state index in [1.807, 2.05) is 13.0 Å². The number of rotatable bonds is 5. The first-order valence-electron chi connectivity index (χ1n) is 11.6. The van der Waals surface area contributed by atoms with Crippen molar-refractivity contribution < 1.29 is 27.5 Å². The third-order valence-electron chi connectivity index (χ3n) is 5.53. The number of alkyl halides is 3. The number of aliphatic imine (C=N–C) groups is 1. The first-order chi connectivity index (χ1) is 19.1. The molecule has 0 saturated carbocycles. The molecule has 5 rings (SSSR count). The van der Waals surface area contributed by atoms with Crippen LogP contribution in [-0.2, 0) is 4.79 Å². The van der Waals surface area contributed by atoms with Gasteiger partial charge in [-0.25, -0.2) is 14.5 Å². The zero-order valence-corrected chi connectivity index (χ0v) is 22.1. The molecular weight excluding hydrogens is 569 g/mol. The number of aryl methyl sites for hydroxylation is 1. The zero-order chi connectivity index (χ0) is 28.4. The van der Waals surface area contributed by atoms with Crippen molar-refractivity contribution in [3.63, 3.8) is 0 Å². The first-order valence-corrected chi connectivity index (χ1v) is 12.9. The summed E-state index contributed by atoms with van der Waals surface area (Å²) in [6, 6.07) is 16.4. The maximum Gasteiger partial charge on any atom is 0.573 e. The molecule has 1 saturated heterocycles. The molecule has 3 aromatic carbocycles. The van der Waals surface area contributed by atoms with Gasteiger partial charge in [-0.2, -0.15) is 4.99 Å². The molecule has 4 aromatic rings. The fraction of sp³-hybridized carbons (Fsp3) is 0.115. The van der Waals surface area contributed by atoms with Crippen LogP contribution >= 0.6 is 23.4 Å². The molecule has 3 amide bonds. The van der Waals surface area contributed by atoms with E-state index < -0.39 is 12.4 Å². The van der Waals surface area contributed by atoms with Crippen molar-refractivity contribution in [2.24, 2.45) is 4.99 Å². The number of aromatic nitrogens is 3. The number of hydrogen-bond donors (Lipinski definition) is 1. The Bertz CT molecular complexity index is 1610. The molecule has 1 fully saturated rings. The highest BCUT2D eigenvalue weighted by molar-refractivity contribution is 8.15. The molecule has 1 aliphatic heterocycles. The number of carbonyl (C=O) groups is 2.